The van der Waals surface area contributed by atoms with Crippen LogP contribution in [0.4, 0.5) is 5.82 Å². The lowest BCUT2D eigenvalue weighted by Crippen LogP contribution is -2.45. The van der Waals surface area contributed by atoms with Crippen molar-refractivity contribution in [1.29, 1.82) is 0 Å². The third-order valence-corrected chi connectivity index (χ3v) is 4.69. The number of piperidine rings is 1. The van der Waals surface area contributed by atoms with Crippen molar-refractivity contribution in [2.45, 2.75) is 45.4 Å². The molecule has 2 aliphatic rings. The van der Waals surface area contributed by atoms with Crippen LogP contribution in [0.1, 0.15) is 32.3 Å². The van der Waals surface area contributed by atoms with Gasteiger partial charge in [0, 0.05) is 32.4 Å². The molecule has 1 aromatic rings. The van der Waals surface area contributed by atoms with Crippen LogP contribution < -0.4 is 15.5 Å². The second kappa shape index (κ2) is 7.94. The van der Waals surface area contributed by atoms with Gasteiger partial charge < -0.3 is 20.3 Å². The number of hydrogen-bond acceptors (Lipinski definition) is 5. The SMILES string of the molecule is CC1CN(c2ccc(CNC(=O)C3CCCNC3)cn2)CC(C)O1. The van der Waals surface area contributed by atoms with Gasteiger partial charge in [-0.15, -0.1) is 0 Å². The number of carbonyl (C=O) groups excluding carboxylic acids is 1. The lowest BCUT2D eigenvalue weighted by molar-refractivity contribution is -0.125. The van der Waals surface area contributed by atoms with Gasteiger partial charge in [-0.3, -0.25) is 4.79 Å². The van der Waals surface area contributed by atoms with Gasteiger partial charge in [-0.1, -0.05) is 6.07 Å². The monoisotopic (exact) mass is 332 g/mol. The van der Waals surface area contributed by atoms with Crippen LogP contribution >= 0.6 is 0 Å². The molecule has 0 bridgehead atoms. The fourth-order valence-corrected chi connectivity index (χ4v) is 3.48. The van der Waals surface area contributed by atoms with Crippen LogP contribution in [0.25, 0.3) is 0 Å². The molecule has 3 unspecified atom stereocenters. The molecule has 1 amide bonds. The number of amides is 1. The molecular weight excluding hydrogens is 304 g/mol. The molecule has 0 aliphatic carbocycles. The van der Waals surface area contributed by atoms with E-state index < -0.39 is 0 Å². The van der Waals surface area contributed by atoms with E-state index in [2.05, 4.69) is 34.4 Å². The summed E-state index contributed by atoms with van der Waals surface area (Å²) >= 11 is 0. The topological polar surface area (TPSA) is 66.5 Å². The number of nitrogens with one attached hydrogen (secondary N) is 2. The molecule has 6 nitrogen and oxygen atoms in total. The average Bonchev–Trinajstić information content (AvgIpc) is 2.60. The van der Waals surface area contributed by atoms with Gasteiger partial charge in [-0.2, -0.15) is 0 Å². The van der Waals surface area contributed by atoms with Gasteiger partial charge in [0.2, 0.25) is 5.91 Å². The third kappa shape index (κ3) is 4.45. The van der Waals surface area contributed by atoms with Crippen LogP contribution in [0.5, 0.6) is 0 Å². The lowest BCUT2D eigenvalue weighted by atomic mass is 9.99. The van der Waals surface area contributed by atoms with Crippen molar-refractivity contribution >= 4 is 11.7 Å². The summed E-state index contributed by atoms with van der Waals surface area (Å²) in [5, 5.41) is 6.31. The van der Waals surface area contributed by atoms with Gasteiger partial charge >= 0.3 is 0 Å². The molecule has 6 heteroatoms. The Kier molecular flexibility index (Phi) is 5.68. The summed E-state index contributed by atoms with van der Waals surface area (Å²) < 4.78 is 5.76. The maximum Gasteiger partial charge on any atom is 0.224 e. The molecule has 0 radical (unpaired) electrons. The summed E-state index contributed by atoms with van der Waals surface area (Å²) in [6, 6.07) is 4.08. The molecule has 3 atom stereocenters. The Morgan fingerprint density at radius 2 is 2.17 bits per heavy atom. The highest BCUT2D eigenvalue weighted by atomic mass is 16.5. The first-order valence-corrected chi connectivity index (χ1v) is 8.95. The highest BCUT2D eigenvalue weighted by Crippen LogP contribution is 2.18. The number of rotatable bonds is 4. The lowest BCUT2D eigenvalue weighted by Gasteiger charge is -2.36. The van der Waals surface area contributed by atoms with Gasteiger partial charge in [0.1, 0.15) is 5.82 Å². The number of carbonyl (C=O) groups is 1. The van der Waals surface area contributed by atoms with Crippen LogP contribution in [0.15, 0.2) is 18.3 Å². The second-order valence-corrected chi connectivity index (χ2v) is 6.95. The molecule has 1 aromatic heterocycles. The zero-order valence-electron chi connectivity index (χ0n) is 14.6. The van der Waals surface area contributed by atoms with Crippen molar-refractivity contribution in [1.82, 2.24) is 15.6 Å². The normalized spacial score (nSPS) is 27.8. The fourth-order valence-electron chi connectivity index (χ4n) is 3.48. The number of aromatic nitrogens is 1. The van der Waals surface area contributed by atoms with E-state index in [1.807, 2.05) is 18.3 Å². The Morgan fingerprint density at radius 3 is 2.79 bits per heavy atom. The minimum atomic E-state index is 0.0994. The quantitative estimate of drug-likeness (QED) is 0.870. The number of hydrogen-bond donors (Lipinski definition) is 2. The zero-order chi connectivity index (χ0) is 16.9. The minimum absolute atomic E-state index is 0.0994. The van der Waals surface area contributed by atoms with Crippen molar-refractivity contribution < 1.29 is 9.53 Å². The summed E-state index contributed by atoms with van der Waals surface area (Å²) in [5.74, 6) is 1.22. The maximum absolute atomic E-state index is 12.2. The second-order valence-electron chi connectivity index (χ2n) is 6.95. The summed E-state index contributed by atoms with van der Waals surface area (Å²) in [7, 11) is 0. The predicted octanol–water partition coefficient (Wildman–Crippen LogP) is 1.31. The number of nitrogens with zero attached hydrogens (tertiary/aromatic N) is 2. The number of anilines is 1. The molecule has 24 heavy (non-hydrogen) atoms. The number of ether oxygens (including phenoxy) is 1. The van der Waals surface area contributed by atoms with Crippen molar-refractivity contribution in [3.8, 4) is 0 Å². The molecule has 3 rings (SSSR count). The molecule has 132 valence electrons. The van der Waals surface area contributed by atoms with E-state index in [9.17, 15) is 4.79 Å². The van der Waals surface area contributed by atoms with Gasteiger partial charge in [-0.25, -0.2) is 4.98 Å². The molecule has 2 saturated heterocycles. The number of pyridine rings is 1. The van der Waals surface area contributed by atoms with Gasteiger partial charge in [0.15, 0.2) is 0 Å². The van der Waals surface area contributed by atoms with Gasteiger partial charge in [-0.05, 0) is 44.9 Å². The highest BCUT2D eigenvalue weighted by Gasteiger charge is 2.23. The molecule has 2 N–H and O–H groups in total. The first-order chi connectivity index (χ1) is 11.6. The van der Waals surface area contributed by atoms with E-state index in [0.717, 1.165) is 50.4 Å². The van der Waals surface area contributed by atoms with Crippen molar-refractivity contribution in [2.24, 2.45) is 5.92 Å². The van der Waals surface area contributed by atoms with E-state index in [1.165, 1.54) is 0 Å². The highest BCUT2D eigenvalue weighted by molar-refractivity contribution is 5.78. The van der Waals surface area contributed by atoms with Crippen LogP contribution in [0.3, 0.4) is 0 Å². The van der Waals surface area contributed by atoms with Crippen molar-refractivity contribution in [2.75, 3.05) is 31.1 Å². The van der Waals surface area contributed by atoms with Gasteiger partial charge in [0.05, 0.1) is 18.1 Å². The molecule has 0 spiro atoms. The Hall–Kier alpha value is -1.66. The molecule has 2 fully saturated rings. The van der Waals surface area contributed by atoms with E-state index in [-0.39, 0.29) is 24.0 Å². The van der Waals surface area contributed by atoms with Crippen molar-refractivity contribution in [3.63, 3.8) is 0 Å². The first kappa shape index (κ1) is 17.2. The first-order valence-electron chi connectivity index (χ1n) is 8.95. The molecule has 0 saturated carbocycles. The fraction of sp³-hybridized carbons (Fsp3) is 0.667. The summed E-state index contributed by atoms with van der Waals surface area (Å²) in [4.78, 5) is 19.0. The Labute approximate surface area is 144 Å². The minimum Gasteiger partial charge on any atom is -0.372 e. The zero-order valence-corrected chi connectivity index (χ0v) is 14.6. The summed E-state index contributed by atoms with van der Waals surface area (Å²) in [6.45, 7) is 8.26. The molecule has 2 aliphatic heterocycles. The Balaban J connectivity index is 1.51. The van der Waals surface area contributed by atoms with Crippen LogP contribution in [-0.2, 0) is 16.1 Å². The smallest absolute Gasteiger partial charge is 0.224 e. The average molecular weight is 332 g/mol. The summed E-state index contributed by atoms with van der Waals surface area (Å²) in [5.41, 5.74) is 1.03. The number of morpholine rings is 1. The van der Waals surface area contributed by atoms with E-state index in [0.29, 0.717) is 6.54 Å². The standard InChI is InChI=1S/C18H28N4O2/c1-13-11-22(12-14(2)24-13)17-6-5-15(8-20-17)9-21-18(23)16-4-3-7-19-10-16/h5-6,8,13-14,16,19H,3-4,7,9-12H2,1-2H3,(H,21,23). The maximum atomic E-state index is 12.2. The van der Waals surface area contributed by atoms with Crippen LogP contribution in [0, 0.1) is 5.92 Å². The molecule has 0 aromatic carbocycles. The summed E-state index contributed by atoms with van der Waals surface area (Å²) in [6.07, 6.45) is 4.35. The van der Waals surface area contributed by atoms with Crippen molar-refractivity contribution in [3.05, 3.63) is 23.9 Å². The molecular formula is C18H28N4O2. The van der Waals surface area contributed by atoms with Crippen LogP contribution in [0.2, 0.25) is 0 Å². The van der Waals surface area contributed by atoms with Crippen LogP contribution in [-0.4, -0.2) is 49.3 Å². The van der Waals surface area contributed by atoms with Gasteiger partial charge in [0.25, 0.3) is 0 Å². The molecule has 3 heterocycles. The largest absolute Gasteiger partial charge is 0.372 e. The van der Waals surface area contributed by atoms with E-state index in [4.69, 9.17) is 4.74 Å². The third-order valence-electron chi connectivity index (χ3n) is 4.69. The van der Waals surface area contributed by atoms with E-state index >= 15 is 0 Å². The Bertz CT molecular complexity index is 532. The van der Waals surface area contributed by atoms with E-state index in [1.54, 1.807) is 0 Å². The predicted molar refractivity (Wildman–Crippen MR) is 93.9 cm³/mol. The Morgan fingerprint density at radius 1 is 1.38 bits per heavy atom.